The Labute approximate surface area is 153 Å². The molecule has 3 rings (SSSR count). The number of allylic oxidation sites excluding steroid dienone is 1. The first-order chi connectivity index (χ1) is 12.0. The molecule has 1 fully saturated rings. The van der Waals surface area contributed by atoms with Gasteiger partial charge in [0.1, 0.15) is 5.02 Å². The van der Waals surface area contributed by atoms with Gasteiger partial charge in [-0.2, -0.15) is 0 Å². The molecule has 25 heavy (non-hydrogen) atoms. The third kappa shape index (κ3) is 4.42. The molecule has 132 valence electrons. The van der Waals surface area contributed by atoms with Crippen molar-refractivity contribution in [3.63, 3.8) is 0 Å². The van der Waals surface area contributed by atoms with Gasteiger partial charge >= 0.3 is 0 Å². The van der Waals surface area contributed by atoms with E-state index in [2.05, 4.69) is 49.2 Å². The van der Waals surface area contributed by atoms with Crippen molar-refractivity contribution in [2.75, 3.05) is 13.2 Å². The van der Waals surface area contributed by atoms with Gasteiger partial charge < -0.3 is 9.72 Å². The minimum atomic E-state index is -0.254. The van der Waals surface area contributed by atoms with E-state index in [4.69, 9.17) is 16.3 Å². The summed E-state index contributed by atoms with van der Waals surface area (Å²) in [5.74, 6) is 0.944. The first kappa shape index (κ1) is 18.0. The lowest BCUT2D eigenvalue weighted by atomic mass is 9.91. The van der Waals surface area contributed by atoms with E-state index in [-0.39, 0.29) is 10.6 Å². The van der Waals surface area contributed by atoms with Crippen LogP contribution in [0.15, 0.2) is 47.3 Å². The van der Waals surface area contributed by atoms with E-state index in [0.717, 1.165) is 42.9 Å². The highest BCUT2D eigenvalue weighted by Gasteiger charge is 2.15. The molecule has 0 spiro atoms. The fourth-order valence-corrected chi connectivity index (χ4v) is 3.23. The van der Waals surface area contributed by atoms with Gasteiger partial charge in [-0.3, -0.25) is 4.79 Å². The van der Waals surface area contributed by atoms with Crippen molar-refractivity contribution in [2.24, 2.45) is 5.92 Å². The van der Waals surface area contributed by atoms with Crippen molar-refractivity contribution in [3.05, 3.63) is 74.7 Å². The molecule has 0 unspecified atom stereocenters. The number of pyridine rings is 1. The average molecular weight is 358 g/mol. The second-order valence-corrected chi connectivity index (χ2v) is 7.26. The summed E-state index contributed by atoms with van der Waals surface area (Å²) in [5, 5.41) is 0.212. The van der Waals surface area contributed by atoms with Crippen LogP contribution in [0.5, 0.6) is 0 Å². The maximum absolute atomic E-state index is 12.0. The Morgan fingerprint density at radius 3 is 2.44 bits per heavy atom. The van der Waals surface area contributed by atoms with Crippen molar-refractivity contribution in [1.82, 2.24) is 4.98 Å². The number of halogens is 1. The predicted octanol–water partition coefficient (Wildman–Crippen LogP) is 5.01. The number of aromatic nitrogens is 1. The number of rotatable bonds is 4. The van der Waals surface area contributed by atoms with Gasteiger partial charge in [0.25, 0.3) is 5.56 Å². The molecule has 2 aromatic rings. The SMILES string of the molecule is CC(C)c1ccc(/C(=C/C2CCOCC2)c2ccc(Cl)c(=O)[nH]2)cc1. The number of hydrogen-bond donors (Lipinski definition) is 1. The Morgan fingerprint density at radius 1 is 1.16 bits per heavy atom. The molecule has 1 aliphatic rings. The van der Waals surface area contributed by atoms with Crippen LogP contribution in [-0.4, -0.2) is 18.2 Å². The van der Waals surface area contributed by atoms with E-state index >= 15 is 0 Å². The molecule has 1 aromatic carbocycles. The zero-order chi connectivity index (χ0) is 17.8. The van der Waals surface area contributed by atoms with Crippen LogP contribution in [0.3, 0.4) is 0 Å². The summed E-state index contributed by atoms with van der Waals surface area (Å²) in [6.45, 7) is 5.95. The van der Waals surface area contributed by atoms with Gasteiger partial charge in [-0.1, -0.05) is 55.8 Å². The average Bonchev–Trinajstić information content (AvgIpc) is 2.63. The smallest absolute Gasteiger partial charge is 0.267 e. The molecule has 1 N–H and O–H groups in total. The Kier molecular flexibility index (Phi) is 5.77. The topological polar surface area (TPSA) is 42.1 Å². The van der Waals surface area contributed by atoms with Crippen LogP contribution in [0.2, 0.25) is 5.02 Å². The lowest BCUT2D eigenvalue weighted by molar-refractivity contribution is 0.0786. The summed E-state index contributed by atoms with van der Waals surface area (Å²) in [6.07, 6.45) is 4.28. The number of H-pyrrole nitrogens is 1. The molecule has 0 amide bonds. The van der Waals surface area contributed by atoms with Gasteiger partial charge in [-0.05, 0) is 47.9 Å². The third-order valence-electron chi connectivity index (χ3n) is 4.71. The summed E-state index contributed by atoms with van der Waals surface area (Å²) in [6, 6.07) is 12.1. The molecule has 0 radical (unpaired) electrons. The number of ether oxygens (including phenoxy) is 1. The van der Waals surface area contributed by atoms with Crippen LogP contribution >= 0.6 is 11.6 Å². The first-order valence-electron chi connectivity index (χ1n) is 8.83. The number of aromatic amines is 1. The van der Waals surface area contributed by atoms with Crippen LogP contribution in [0.4, 0.5) is 0 Å². The Hall–Kier alpha value is -1.84. The van der Waals surface area contributed by atoms with Crippen molar-refractivity contribution in [2.45, 2.75) is 32.6 Å². The molecular weight excluding hydrogens is 334 g/mol. The van der Waals surface area contributed by atoms with Gasteiger partial charge in [-0.15, -0.1) is 0 Å². The standard InChI is InChI=1S/C21H24ClNO2/c1-14(2)16-3-5-17(6-4-16)18(13-15-9-11-25-12-10-15)20-8-7-19(22)21(24)23-20/h3-8,13-15H,9-12H2,1-2H3,(H,23,24)/b18-13-. The van der Waals surface area contributed by atoms with Gasteiger partial charge in [-0.25, -0.2) is 0 Å². The van der Waals surface area contributed by atoms with E-state index in [9.17, 15) is 4.79 Å². The molecule has 2 heterocycles. The zero-order valence-electron chi connectivity index (χ0n) is 14.7. The van der Waals surface area contributed by atoms with Crippen molar-refractivity contribution < 1.29 is 4.74 Å². The first-order valence-corrected chi connectivity index (χ1v) is 9.21. The summed E-state index contributed by atoms with van der Waals surface area (Å²) >= 11 is 5.90. The molecular formula is C21H24ClNO2. The monoisotopic (exact) mass is 357 g/mol. The third-order valence-corrected chi connectivity index (χ3v) is 5.01. The van der Waals surface area contributed by atoms with Gasteiger partial charge in [0.05, 0.1) is 0 Å². The Balaban J connectivity index is 2.02. The van der Waals surface area contributed by atoms with Crippen molar-refractivity contribution in [3.8, 4) is 0 Å². The highest BCUT2D eigenvalue weighted by molar-refractivity contribution is 6.30. The fraction of sp³-hybridized carbons (Fsp3) is 0.381. The second kappa shape index (κ2) is 8.03. The maximum atomic E-state index is 12.0. The molecule has 0 atom stereocenters. The van der Waals surface area contributed by atoms with Gasteiger partial charge in [0, 0.05) is 24.5 Å². The lowest BCUT2D eigenvalue weighted by Gasteiger charge is -2.21. The number of benzene rings is 1. The van der Waals surface area contributed by atoms with Crippen LogP contribution in [0, 0.1) is 5.92 Å². The van der Waals surface area contributed by atoms with Crippen LogP contribution in [0.25, 0.3) is 5.57 Å². The van der Waals surface area contributed by atoms with E-state index in [1.54, 1.807) is 6.07 Å². The van der Waals surface area contributed by atoms with Crippen molar-refractivity contribution >= 4 is 17.2 Å². The van der Waals surface area contributed by atoms with E-state index in [0.29, 0.717) is 11.8 Å². The minimum Gasteiger partial charge on any atom is -0.381 e. The summed E-state index contributed by atoms with van der Waals surface area (Å²) in [4.78, 5) is 14.9. The maximum Gasteiger partial charge on any atom is 0.267 e. The lowest BCUT2D eigenvalue weighted by Crippen LogP contribution is -2.15. The highest BCUT2D eigenvalue weighted by Crippen LogP contribution is 2.28. The van der Waals surface area contributed by atoms with Crippen LogP contribution < -0.4 is 5.56 Å². The summed E-state index contributed by atoms with van der Waals surface area (Å²) < 4.78 is 5.47. The van der Waals surface area contributed by atoms with Crippen LogP contribution in [0.1, 0.15) is 49.4 Å². The van der Waals surface area contributed by atoms with Gasteiger partial charge in [0.15, 0.2) is 0 Å². The second-order valence-electron chi connectivity index (χ2n) is 6.86. The molecule has 3 nitrogen and oxygen atoms in total. The van der Waals surface area contributed by atoms with Gasteiger partial charge in [0.2, 0.25) is 0 Å². The fourth-order valence-electron chi connectivity index (χ4n) is 3.12. The Morgan fingerprint density at radius 2 is 1.84 bits per heavy atom. The quantitative estimate of drug-likeness (QED) is 0.835. The van der Waals surface area contributed by atoms with E-state index < -0.39 is 0 Å². The molecule has 0 bridgehead atoms. The Bertz CT molecular complexity index is 799. The molecule has 1 saturated heterocycles. The van der Waals surface area contributed by atoms with Crippen molar-refractivity contribution in [1.29, 1.82) is 0 Å². The van der Waals surface area contributed by atoms with E-state index in [1.165, 1.54) is 5.56 Å². The largest absolute Gasteiger partial charge is 0.381 e. The molecule has 4 heteroatoms. The molecule has 1 aliphatic heterocycles. The highest BCUT2D eigenvalue weighted by atomic mass is 35.5. The molecule has 0 saturated carbocycles. The summed E-state index contributed by atoms with van der Waals surface area (Å²) in [5.41, 5.74) is 4.01. The minimum absolute atomic E-state index is 0.212. The van der Waals surface area contributed by atoms with E-state index in [1.807, 2.05) is 6.07 Å². The molecule has 0 aliphatic carbocycles. The molecule has 1 aromatic heterocycles. The zero-order valence-corrected chi connectivity index (χ0v) is 15.5. The normalized spacial score (nSPS) is 16.4. The number of hydrogen-bond acceptors (Lipinski definition) is 2. The van der Waals surface area contributed by atoms with Crippen LogP contribution in [-0.2, 0) is 4.74 Å². The number of nitrogens with one attached hydrogen (secondary N) is 1. The predicted molar refractivity (Wildman–Crippen MR) is 103 cm³/mol. The summed E-state index contributed by atoms with van der Waals surface area (Å²) in [7, 11) is 0.